The van der Waals surface area contributed by atoms with E-state index in [-0.39, 0.29) is 5.24 Å². The van der Waals surface area contributed by atoms with E-state index in [1.165, 1.54) is 0 Å². The molecule has 1 aliphatic heterocycles. The molecule has 0 fully saturated rings. The van der Waals surface area contributed by atoms with Gasteiger partial charge in [0.15, 0.2) is 0 Å². The Morgan fingerprint density at radius 1 is 1.36 bits per heavy atom. The number of nitrogens with two attached hydrogens (primary N) is 1. The Balaban J connectivity index is 1.48. The molecule has 4 rings (SSSR count). The zero-order chi connectivity index (χ0) is 17.2. The summed E-state index contributed by atoms with van der Waals surface area (Å²) in [7, 11) is -0.664. The van der Waals surface area contributed by atoms with Crippen LogP contribution in [0.2, 0.25) is 0 Å². The van der Waals surface area contributed by atoms with E-state index in [9.17, 15) is 4.79 Å². The number of rotatable bonds is 5. The molecule has 0 saturated carbocycles. The number of anilines is 1. The van der Waals surface area contributed by atoms with E-state index in [2.05, 4.69) is 15.5 Å². The zero-order valence-electron chi connectivity index (χ0n) is 13.6. The number of nitrogens with one attached hydrogen (secondary N) is 1. The molecule has 1 atom stereocenters. The molecule has 1 unspecified atom stereocenters. The molecule has 3 heterocycles. The van der Waals surface area contributed by atoms with Crippen molar-refractivity contribution in [1.29, 1.82) is 0 Å². The van der Waals surface area contributed by atoms with E-state index >= 15 is 0 Å². The lowest BCUT2D eigenvalue weighted by Crippen LogP contribution is -2.26. The summed E-state index contributed by atoms with van der Waals surface area (Å²) in [6, 6.07) is 6.01. The van der Waals surface area contributed by atoms with Gasteiger partial charge in [-0.15, -0.1) is 0 Å². The lowest BCUT2D eigenvalue weighted by molar-refractivity contribution is 0.266. The molecule has 0 spiro atoms. The van der Waals surface area contributed by atoms with Gasteiger partial charge in [-0.05, 0) is 40.7 Å². The van der Waals surface area contributed by atoms with Crippen LogP contribution < -0.4 is 11.2 Å². The number of fused-ring (bicyclic) bond motifs is 1. The van der Waals surface area contributed by atoms with E-state index in [4.69, 9.17) is 5.73 Å². The molecule has 8 nitrogen and oxygen atoms in total. The summed E-state index contributed by atoms with van der Waals surface area (Å²) in [4.78, 5) is 15.5. The predicted octanol–water partition coefficient (Wildman–Crippen LogP) is 2.03. The van der Waals surface area contributed by atoms with Crippen molar-refractivity contribution < 1.29 is 4.79 Å². The van der Waals surface area contributed by atoms with Crippen LogP contribution in [-0.4, -0.2) is 40.9 Å². The Kier molecular flexibility index (Phi) is 4.24. The SMILES string of the molecule is NC(=O)S1=CCCN1Nc1ccc2cn(CCn3ccnc3)nc2c1. The molecule has 25 heavy (non-hydrogen) atoms. The van der Waals surface area contributed by atoms with Gasteiger partial charge in [-0.1, -0.05) is 0 Å². The Bertz CT molecular complexity index is 931. The molecule has 0 aliphatic carbocycles. The van der Waals surface area contributed by atoms with Crippen LogP contribution in [0.3, 0.4) is 0 Å². The molecule has 3 N–H and O–H groups in total. The van der Waals surface area contributed by atoms with Crippen LogP contribution in [0.25, 0.3) is 10.9 Å². The summed E-state index contributed by atoms with van der Waals surface area (Å²) in [5.74, 6) is 0. The first-order valence-corrected chi connectivity index (χ1v) is 9.27. The first-order chi connectivity index (χ1) is 12.2. The average molecular weight is 357 g/mol. The second-order valence-corrected chi connectivity index (χ2v) is 7.57. The van der Waals surface area contributed by atoms with Crippen molar-refractivity contribution in [2.45, 2.75) is 19.5 Å². The average Bonchev–Trinajstić information content (AvgIpc) is 3.33. The first-order valence-electron chi connectivity index (χ1n) is 8.02. The fourth-order valence-electron chi connectivity index (χ4n) is 2.80. The molecule has 1 amide bonds. The minimum Gasteiger partial charge on any atom is -0.360 e. The number of imidazole rings is 1. The zero-order valence-corrected chi connectivity index (χ0v) is 14.4. The van der Waals surface area contributed by atoms with E-state index in [0.29, 0.717) is 0 Å². The van der Waals surface area contributed by atoms with Crippen molar-refractivity contribution in [1.82, 2.24) is 23.7 Å². The van der Waals surface area contributed by atoms with Crippen molar-refractivity contribution in [3.63, 3.8) is 0 Å². The first kappa shape index (κ1) is 15.9. The number of carbonyl (C=O) groups is 1. The van der Waals surface area contributed by atoms with Crippen LogP contribution in [0.15, 0.2) is 43.1 Å². The second kappa shape index (κ2) is 6.69. The highest BCUT2D eigenvalue weighted by Gasteiger charge is 2.19. The molecule has 0 saturated heterocycles. The monoisotopic (exact) mass is 357 g/mol. The molecule has 130 valence electrons. The van der Waals surface area contributed by atoms with Crippen molar-refractivity contribution in [3.05, 3.63) is 43.1 Å². The quantitative estimate of drug-likeness (QED) is 0.682. The highest BCUT2D eigenvalue weighted by molar-refractivity contribution is 8.25. The molecule has 2 aromatic heterocycles. The normalized spacial score (nSPS) is 17.7. The smallest absolute Gasteiger partial charge is 0.286 e. The third kappa shape index (κ3) is 3.42. The van der Waals surface area contributed by atoms with Gasteiger partial charge in [0.05, 0.1) is 24.1 Å². The third-order valence-corrected chi connectivity index (χ3v) is 5.72. The summed E-state index contributed by atoms with van der Waals surface area (Å²) < 4.78 is 5.85. The number of aryl methyl sites for hydroxylation is 2. The van der Waals surface area contributed by atoms with Crippen molar-refractivity contribution >= 4 is 37.9 Å². The highest BCUT2D eigenvalue weighted by atomic mass is 32.2. The number of hydrazine groups is 1. The third-order valence-electron chi connectivity index (χ3n) is 4.01. The van der Waals surface area contributed by atoms with Crippen molar-refractivity contribution in [2.24, 2.45) is 5.73 Å². The molecule has 9 heteroatoms. The maximum Gasteiger partial charge on any atom is 0.286 e. The largest absolute Gasteiger partial charge is 0.360 e. The minimum absolute atomic E-state index is 0.310. The van der Waals surface area contributed by atoms with Gasteiger partial charge in [-0.25, -0.2) is 4.98 Å². The van der Waals surface area contributed by atoms with Gasteiger partial charge in [0, 0.05) is 37.1 Å². The Labute approximate surface area is 147 Å². The number of carbonyl (C=O) groups excluding carboxylic acids is 1. The van der Waals surface area contributed by atoms with Crippen molar-refractivity contribution in [3.8, 4) is 0 Å². The molecule has 1 aliphatic rings. The number of nitrogens with zero attached hydrogens (tertiary/aromatic N) is 5. The van der Waals surface area contributed by atoms with E-state index in [1.54, 1.807) is 12.5 Å². The molecule has 3 aromatic rings. The van der Waals surface area contributed by atoms with Gasteiger partial charge >= 0.3 is 0 Å². The maximum atomic E-state index is 11.5. The molecule has 0 bridgehead atoms. The lowest BCUT2D eigenvalue weighted by Gasteiger charge is -2.20. The predicted molar refractivity (Wildman–Crippen MR) is 100 cm³/mol. The van der Waals surface area contributed by atoms with Crippen LogP contribution in [0.5, 0.6) is 0 Å². The van der Waals surface area contributed by atoms with Gasteiger partial charge in [0.1, 0.15) is 0 Å². The van der Waals surface area contributed by atoms with Crippen LogP contribution in [-0.2, 0) is 13.1 Å². The molecular weight excluding hydrogens is 338 g/mol. The number of primary amides is 1. The fraction of sp³-hybridized carbons (Fsp3) is 0.250. The van der Waals surface area contributed by atoms with E-state index in [0.717, 1.165) is 42.6 Å². The Hall–Kier alpha value is -2.65. The molecule has 0 radical (unpaired) electrons. The molecular formula is C16H19N7OS. The second-order valence-electron chi connectivity index (χ2n) is 5.77. The van der Waals surface area contributed by atoms with Crippen LogP contribution in [0.4, 0.5) is 10.5 Å². The number of hydrogen-bond acceptors (Lipinski definition) is 5. The summed E-state index contributed by atoms with van der Waals surface area (Å²) in [5, 5.41) is 7.36. The van der Waals surface area contributed by atoms with Gasteiger partial charge in [0.2, 0.25) is 0 Å². The Morgan fingerprint density at radius 2 is 2.28 bits per heavy atom. The molecule has 1 aromatic carbocycles. The van der Waals surface area contributed by atoms with Gasteiger partial charge in [-0.2, -0.15) is 9.51 Å². The van der Waals surface area contributed by atoms with Crippen LogP contribution in [0.1, 0.15) is 6.42 Å². The lowest BCUT2D eigenvalue weighted by atomic mass is 10.2. The maximum absolute atomic E-state index is 11.5. The minimum atomic E-state index is -0.664. The summed E-state index contributed by atoms with van der Waals surface area (Å²) in [6.07, 6.45) is 8.40. The van der Waals surface area contributed by atoms with E-state index in [1.807, 2.05) is 49.6 Å². The van der Waals surface area contributed by atoms with Crippen molar-refractivity contribution in [2.75, 3.05) is 12.0 Å². The topological polar surface area (TPSA) is 94.0 Å². The summed E-state index contributed by atoms with van der Waals surface area (Å²) >= 11 is 0. The van der Waals surface area contributed by atoms with Crippen LogP contribution in [0, 0.1) is 0 Å². The van der Waals surface area contributed by atoms with Crippen LogP contribution >= 0.6 is 10.7 Å². The highest BCUT2D eigenvalue weighted by Crippen LogP contribution is 2.27. The number of aromatic nitrogens is 4. The van der Waals surface area contributed by atoms with E-state index < -0.39 is 10.7 Å². The Morgan fingerprint density at radius 3 is 3.08 bits per heavy atom. The van der Waals surface area contributed by atoms with Gasteiger partial charge < -0.3 is 15.7 Å². The fourth-order valence-corrected chi connectivity index (χ4v) is 4.19. The standard InChI is InChI=1S/C16H19N7OS/c17-16(24)25-9-1-5-23(25)19-14-3-2-13-11-22(20-15(13)10-14)8-7-21-6-4-18-12-21/h2-4,6,9-12,19H,1,5,7-8H2,(H2,17,24). The number of benzene rings is 1. The van der Waals surface area contributed by atoms with Gasteiger partial charge in [0.25, 0.3) is 5.24 Å². The number of amides is 1. The summed E-state index contributed by atoms with van der Waals surface area (Å²) in [6.45, 7) is 2.37. The summed E-state index contributed by atoms with van der Waals surface area (Å²) in [5.41, 5.74) is 10.5. The number of hydrogen-bond donors (Lipinski definition) is 2. The van der Waals surface area contributed by atoms with Gasteiger partial charge in [-0.3, -0.25) is 9.48 Å².